The van der Waals surface area contributed by atoms with Crippen molar-refractivity contribution in [2.45, 2.75) is 18.6 Å². The summed E-state index contributed by atoms with van der Waals surface area (Å²) in [5, 5.41) is 26.0. The lowest BCUT2D eigenvalue weighted by Gasteiger charge is -2.21. The Morgan fingerprint density at radius 1 is 1.39 bits per heavy atom. The van der Waals surface area contributed by atoms with Crippen molar-refractivity contribution in [3.63, 3.8) is 0 Å². The number of aromatic nitrogens is 3. The Morgan fingerprint density at radius 2 is 2.13 bits per heavy atom. The Bertz CT molecular complexity index is 713. The van der Waals surface area contributed by atoms with Crippen molar-refractivity contribution < 1.29 is 15.0 Å². The van der Waals surface area contributed by atoms with Gasteiger partial charge in [-0.05, 0) is 6.42 Å². The minimum atomic E-state index is -1.03. The summed E-state index contributed by atoms with van der Waals surface area (Å²) in [5.74, 6) is 0.172. The van der Waals surface area contributed by atoms with Gasteiger partial charge in [-0.15, -0.1) is 0 Å². The van der Waals surface area contributed by atoms with Gasteiger partial charge in [0.25, 0.3) is 0 Å². The molecule has 1 aromatic carbocycles. The average molecular weight is 314 g/mol. The van der Waals surface area contributed by atoms with E-state index in [1.165, 1.54) is 0 Å². The molecule has 7 nitrogen and oxygen atoms in total. The van der Waals surface area contributed by atoms with Crippen LogP contribution in [0, 0.1) is 0 Å². The summed E-state index contributed by atoms with van der Waals surface area (Å²) in [6, 6.07) is 9.37. The van der Waals surface area contributed by atoms with E-state index < -0.39 is 12.1 Å². The van der Waals surface area contributed by atoms with Crippen molar-refractivity contribution in [2.75, 3.05) is 13.1 Å². The molecule has 1 fully saturated rings. The Morgan fingerprint density at radius 3 is 2.83 bits per heavy atom. The molecule has 0 saturated carbocycles. The van der Waals surface area contributed by atoms with Gasteiger partial charge < -0.3 is 10.2 Å². The van der Waals surface area contributed by atoms with Gasteiger partial charge in [0.1, 0.15) is 5.82 Å². The molecular formula is C16H18N4O3. The van der Waals surface area contributed by atoms with Gasteiger partial charge in [0.15, 0.2) is 5.82 Å². The van der Waals surface area contributed by atoms with Gasteiger partial charge in [0, 0.05) is 24.2 Å². The first-order chi connectivity index (χ1) is 11.0. The van der Waals surface area contributed by atoms with Gasteiger partial charge in [-0.3, -0.25) is 10.00 Å². The SMILES string of the molecule is C=C(CN1C[C@H](O)C[C@H]1c1nc(-c2ccccc2)n[nH]1)C(=O)O. The van der Waals surface area contributed by atoms with Crippen molar-refractivity contribution in [3.8, 4) is 11.4 Å². The van der Waals surface area contributed by atoms with E-state index in [2.05, 4.69) is 21.8 Å². The molecule has 2 heterocycles. The van der Waals surface area contributed by atoms with Crippen LogP contribution in [0.3, 0.4) is 0 Å². The lowest BCUT2D eigenvalue weighted by atomic mass is 10.1. The molecule has 1 saturated heterocycles. The van der Waals surface area contributed by atoms with Crippen LogP contribution in [0.4, 0.5) is 0 Å². The van der Waals surface area contributed by atoms with Crippen LogP contribution in [0.5, 0.6) is 0 Å². The van der Waals surface area contributed by atoms with Gasteiger partial charge in [-0.2, -0.15) is 5.10 Å². The van der Waals surface area contributed by atoms with E-state index in [4.69, 9.17) is 5.11 Å². The summed E-state index contributed by atoms with van der Waals surface area (Å²) in [6.07, 6.45) is -0.0390. The maximum Gasteiger partial charge on any atom is 0.332 e. The van der Waals surface area contributed by atoms with E-state index in [0.29, 0.717) is 24.6 Å². The highest BCUT2D eigenvalue weighted by atomic mass is 16.4. The third kappa shape index (κ3) is 3.30. The van der Waals surface area contributed by atoms with Crippen molar-refractivity contribution >= 4 is 5.97 Å². The monoisotopic (exact) mass is 314 g/mol. The summed E-state index contributed by atoms with van der Waals surface area (Å²) in [6.45, 7) is 4.12. The molecule has 2 aromatic rings. The van der Waals surface area contributed by atoms with Gasteiger partial charge in [-0.1, -0.05) is 36.9 Å². The zero-order valence-electron chi connectivity index (χ0n) is 12.5. The van der Waals surface area contributed by atoms with Crippen LogP contribution >= 0.6 is 0 Å². The number of nitrogens with zero attached hydrogens (tertiary/aromatic N) is 3. The molecule has 0 radical (unpaired) electrons. The van der Waals surface area contributed by atoms with Crippen molar-refractivity contribution in [1.82, 2.24) is 20.1 Å². The molecule has 1 aromatic heterocycles. The highest BCUT2D eigenvalue weighted by Gasteiger charge is 2.35. The molecule has 2 atom stereocenters. The normalized spacial score (nSPS) is 21.4. The molecular weight excluding hydrogens is 296 g/mol. The number of aliphatic hydroxyl groups is 1. The number of benzene rings is 1. The highest BCUT2D eigenvalue weighted by molar-refractivity contribution is 5.86. The number of carboxylic acid groups (broad SMARTS) is 1. The van der Waals surface area contributed by atoms with Crippen LogP contribution < -0.4 is 0 Å². The second kappa shape index (κ2) is 6.31. The Balaban J connectivity index is 1.81. The zero-order chi connectivity index (χ0) is 16.4. The lowest BCUT2D eigenvalue weighted by molar-refractivity contribution is -0.132. The van der Waals surface area contributed by atoms with Crippen molar-refractivity contribution in [2.24, 2.45) is 0 Å². The van der Waals surface area contributed by atoms with Crippen LogP contribution in [0.2, 0.25) is 0 Å². The molecule has 0 bridgehead atoms. The van der Waals surface area contributed by atoms with E-state index >= 15 is 0 Å². The quantitative estimate of drug-likeness (QED) is 0.717. The number of β-amino-alcohol motifs (C(OH)–C–C–N with tert-alkyl or cyclic N) is 1. The Kier molecular flexibility index (Phi) is 4.22. The number of H-pyrrole nitrogens is 1. The smallest absolute Gasteiger partial charge is 0.332 e. The Labute approximate surface area is 133 Å². The Hall–Kier alpha value is -2.51. The van der Waals surface area contributed by atoms with E-state index in [1.54, 1.807) is 0 Å². The zero-order valence-corrected chi connectivity index (χ0v) is 12.5. The fraction of sp³-hybridized carbons (Fsp3) is 0.312. The molecule has 3 rings (SSSR count). The van der Waals surface area contributed by atoms with E-state index in [9.17, 15) is 9.90 Å². The average Bonchev–Trinajstić information content (AvgIpc) is 3.14. The maximum atomic E-state index is 11.0. The number of carbonyl (C=O) groups is 1. The molecule has 1 aliphatic heterocycles. The van der Waals surface area contributed by atoms with Crippen molar-refractivity contribution in [3.05, 3.63) is 48.3 Å². The third-order valence-corrected chi connectivity index (χ3v) is 3.93. The largest absolute Gasteiger partial charge is 0.478 e. The number of carboxylic acids is 1. The van der Waals surface area contributed by atoms with Gasteiger partial charge in [-0.25, -0.2) is 9.78 Å². The van der Waals surface area contributed by atoms with Crippen LogP contribution in [0.1, 0.15) is 18.3 Å². The molecule has 3 N–H and O–H groups in total. The highest BCUT2D eigenvalue weighted by Crippen LogP contribution is 2.31. The van der Waals surface area contributed by atoms with Crippen LogP contribution in [-0.2, 0) is 4.79 Å². The molecule has 1 aliphatic rings. The van der Waals surface area contributed by atoms with Crippen LogP contribution in [0.25, 0.3) is 11.4 Å². The molecule has 0 aliphatic carbocycles. The molecule has 120 valence electrons. The minimum absolute atomic E-state index is 0.0897. The van der Waals surface area contributed by atoms with Crippen LogP contribution in [0.15, 0.2) is 42.5 Å². The number of nitrogens with one attached hydrogen (secondary N) is 1. The van der Waals surface area contributed by atoms with E-state index in [-0.39, 0.29) is 18.2 Å². The summed E-state index contributed by atoms with van der Waals surface area (Å²) in [7, 11) is 0. The second-order valence-corrected chi connectivity index (χ2v) is 5.65. The number of hydrogen-bond acceptors (Lipinski definition) is 5. The maximum absolute atomic E-state index is 11.0. The minimum Gasteiger partial charge on any atom is -0.478 e. The number of aromatic amines is 1. The van der Waals surface area contributed by atoms with Crippen molar-refractivity contribution in [1.29, 1.82) is 0 Å². The number of aliphatic hydroxyl groups excluding tert-OH is 1. The number of rotatable bonds is 5. The first-order valence-corrected chi connectivity index (χ1v) is 7.35. The van der Waals surface area contributed by atoms with E-state index in [0.717, 1.165) is 5.56 Å². The topological polar surface area (TPSA) is 102 Å². The van der Waals surface area contributed by atoms with Gasteiger partial charge >= 0.3 is 5.97 Å². The molecule has 7 heteroatoms. The molecule has 0 unspecified atom stereocenters. The predicted molar refractivity (Wildman–Crippen MR) is 83.5 cm³/mol. The van der Waals surface area contributed by atoms with Gasteiger partial charge in [0.05, 0.1) is 12.1 Å². The fourth-order valence-corrected chi connectivity index (χ4v) is 2.79. The summed E-state index contributed by atoms with van der Waals surface area (Å²) in [4.78, 5) is 17.3. The summed E-state index contributed by atoms with van der Waals surface area (Å²) < 4.78 is 0. The fourth-order valence-electron chi connectivity index (χ4n) is 2.79. The summed E-state index contributed by atoms with van der Waals surface area (Å²) >= 11 is 0. The number of likely N-dealkylation sites (tertiary alicyclic amines) is 1. The third-order valence-electron chi connectivity index (χ3n) is 3.93. The first kappa shape index (κ1) is 15.4. The van der Waals surface area contributed by atoms with E-state index in [1.807, 2.05) is 35.2 Å². The summed E-state index contributed by atoms with van der Waals surface area (Å²) in [5.41, 5.74) is 0.988. The molecule has 0 amide bonds. The van der Waals surface area contributed by atoms with Crippen LogP contribution in [-0.4, -0.2) is 55.5 Å². The number of aliphatic carboxylic acids is 1. The molecule has 0 spiro atoms. The first-order valence-electron chi connectivity index (χ1n) is 7.35. The molecule has 23 heavy (non-hydrogen) atoms. The lowest BCUT2D eigenvalue weighted by Crippen LogP contribution is -2.29. The second-order valence-electron chi connectivity index (χ2n) is 5.65. The standard InChI is InChI=1S/C16H18N4O3/c1-10(16(22)23)8-20-9-12(21)7-13(20)15-17-14(18-19-15)11-5-3-2-4-6-11/h2-6,12-13,21H,1,7-9H2,(H,22,23)(H,17,18,19)/t12-,13+/m1/s1. The number of hydrogen-bond donors (Lipinski definition) is 3. The van der Waals surface area contributed by atoms with Gasteiger partial charge in [0.2, 0.25) is 0 Å². The predicted octanol–water partition coefficient (Wildman–Crippen LogP) is 1.22.